The number of likely N-dealkylation sites (tertiary alicyclic amines) is 1. The van der Waals surface area contributed by atoms with E-state index in [1.54, 1.807) is 11.3 Å². The Labute approximate surface area is 162 Å². The van der Waals surface area contributed by atoms with Crippen molar-refractivity contribution in [2.24, 2.45) is 0 Å². The molecule has 27 heavy (non-hydrogen) atoms. The molecule has 0 unspecified atom stereocenters. The van der Waals surface area contributed by atoms with E-state index >= 15 is 0 Å². The number of aromatic nitrogens is 4. The Kier molecular flexibility index (Phi) is 5.07. The Bertz CT molecular complexity index is 925. The summed E-state index contributed by atoms with van der Waals surface area (Å²) < 4.78 is 7.26. The molecule has 1 aliphatic heterocycles. The summed E-state index contributed by atoms with van der Waals surface area (Å²) in [5, 5.41) is 13.9. The standard InChI is InChI=1S/C19H23N5O2S/c1-3-26-16-6-4-14(5-7-16)12-17(25)23-10-8-15(9-11-23)18-22-24-13(2)20-21-19(24)27-18/h4-7,15H,3,8-12H2,1-2H3. The average Bonchev–Trinajstić information content (AvgIpc) is 3.26. The molecule has 0 aliphatic carbocycles. The van der Waals surface area contributed by atoms with Gasteiger partial charge in [0.2, 0.25) is 10.9 Å². The first kappa shape index (κ1) is 17.9. The number of carbonyl (C=O) groups is 1. The Morgan fingerprint density at radius 2 is 1.96 bits per heavy atom. The molecule has 1 aromatic carbocycles. The number of hydrogen-bond donors (Lipinski definition) is 0. The van der Waals surface area contributed by atoms with Gasteiger partial charge in [0.05, 0.1) is 13.0 Å². The number of benzene rings is 1. The fourth-order valence-electron chi connectivity index (χ4n) is 3.43. The fraction of sp³-hybridized carbons (Fsp3) is 0.474. The molecule has 4 rings (SSSR count). The van der Waals surface area contributed by atoms with Gasteiger partial charge >= 0.3 is 0 Å². The van der Waals surface area contributed by atoms with Crippen LogP contribution in [0.4, 0.5) is 0 Å². The Morgan fingerprint density at radius 3 is 2.63 bits per heavy atom. The van der Waals surface area contributed by atoms with E-state index < -0.39 is 0 Å². The third-order valence-electron chi connectivity index (χ3n) is 4.95. The molecule has 0 atom stereocenters. The monoisotopic (exact) mass is 385 g/mol. The van der Waals surface area contributed by atoms with Crippen molar-refractivity contribution in [1.82, 2.24) is 24.7 Å². The van der Waals surface area contributed by atoms with Crippen LogP contribution >= 0.6 is 11.3 Å². The van der Waals surface area contributed by atoms with E-state index in [9.17, 15) is 4.79 Å². The van der Waals surface area contributed by atoms with E-state index in [4.69, 9.17) is 4.74 Å². The lowest BCUT2D eigenvalue weighted by Gasteiger charge is -2.31. The minimum absolute atomic E-state index is 0.187. The van der Waals surface area contributed by atoms with Gasteiger partial charge in [0, 0.05) is 19.0 Å². The Balaban J connectivity index is 1.33. The first-order valence-corrected chi connectivity index (χ1v) is 10.1. The van der Waals surface area contributed by atoms with Crippen molar-refractivity contribution in [3.8, 4) is 5.75 Å². The third kappa shape index (κ3) is 3.80. The van der Waals surface area contributed by atoms with Crippen LogP contribution < -0.4 is 4.74 Å². The molecule has 0 radical (unpaired) electrons. The smallest absolute Gasteiger partial charge is 0.234 e. The Hall–Kier alpha value is -2.48. The van der Waals surface area contributed by atoms with Gasteiger partial charge in [-0.3, -0.25) is 4.79 Å². The van der Waals surface area contributed by atoms with Crippen LogP contribution in [0.3, 0.4) is 0 Å². The quantitative estimate of drug-likeness (QED) is 0.675. The van der Waals surface area contributed by atoms with Gasteiger partial charge in [0.15, 0.2) is 5.82 Å². The van der Waals surface area contributed by atoms with E-state index in [1.165, 1.54) is 0 Å². The van der Waals surface area contributed by atoms with Gasteiger partial charge in [-0.1, -0.05) is 23.5 Å². The summed E-state index contributed by atoms with van der Waals surface area (Å²) in [6.07, 6.45) is 2.32. The van der Waals surface area contributed by atoms with Gasteiger partial charge in [-0.05, 0) is 44.4 Å². The highest BCUT2D eigenvalue weighted by Crippen LogP contribution is 2.31. The predicted octanol–water partition coefficient (Wildman–Crippen LogP) is 2.84. The minimum atomic E-state index is 0.187. The molecule has 1 amide bonds. The SMILES string of the molecule is CCOc1ccc(CC(=O)N2CCC(c3nn4c(C)nnc4s3)CC2)cc1. The highest BCUT2D eigenvalue weighted by atomic mass is 32.1. The lowest BCUT2D eigenvalue weighted by atomic mass is 9.97. The van der Waals surface area contributed by atoms with Crippen molar-refractivity contribution in [3.05, 3.63) is 40.7 Å². The molecule has 7 nitrogen and oxygen atoms in total. The molecule has 0 spiro atoms. The van der Waals surface area contributed by atoms with Crippen LogP contribution in [-0.4, -0.2) is 50.3 Å². The van der Waals surface area contributed by atoms with Crippen LogP contribution in [0, 0.1) is 6.92 Å². The maximum Gasteiger partial charge on any atom is 0.234 e. The second-order valence-electron chi connectivity index (χ2n) is 6.79. The van der Waals surface area contributed by atoms with E-state index in [1.807, 2.05) is 47.5 Å². The number of nitrogens with zero attached hydrogens (tertiary/aromatic N) is 5. The average molecular weight is 385 g/mol. The predicted molar refractivity (Wildman–Crippen MR) is 103 cm³/mol. The van der Waals surface area contributed by atoms with E-state index in [-0.39, 0.29) is 5.91 Å². The summed E-state index contributed by atoms with van der Waals surface area (Å²) in [7, 11) is 0. The highest BCUT2D eigenvalue weighted by molar-refractivity contribution is 7.16. The van der Waals surface area contributed by atoms with Gasteiger partial charge in [0.1, 0.15) is 10.8 Å². The molecule has 3 heterocycles. The number of ether oxygens (including phenoxy) is 1. The van der Waals surface area contributed by atoms with Crippen molar-refractivity contribution in [1.29, 1.82) is 0 Å². The number of carbonyl (C=O) groups excluding carboxylic acids is 1. The summed E-state index contributed by atoms with van der Waals surface area (Å²) in [6.45, 7) is 6.07. The second-order valence-corrected chi connectivity index (χ2v) is 7.78. The first-order chi connectivity index (χ1) is 13.1. The second kappa shape index (κ2) is 7.64. The van der Waals surface area contributed by atoms with E-state index in [0.717, 1.165) is 53.0 Å². The molecule has 1 fully saturated rings. The minimum Gasteiger partial charge on any atom is -0.494 e. The molecular formula is C19H23N5O2S. The van der Waals surface area contributed by atoms with Gasteiger partial charge in [0.25, 0.3) is 0 Å². The van der Waals surface area contributed by atoms with Crippen molar-refractivity contribution in [2.75, 3.05) is 19.7 Å². The third-order valence-corrected chi connectivity index (χ3v) is 6.01. The van der Waals surface area contributed by atoms with Crippen molar-refractivity contribution >= 4 is 22.2 Å². The number of piperidine rings is 1. The zero-order chi connectivity index (χ0) is 18.8. The van der Waals surface area contributed by atoms with Gasteiger partial charge in [-0.2, -0.15) is 9.61 Å². The van der Waals surface area contributed by atoms with Gasteiger partial charge in [-0.15, -0.1) is 10.2 Å². The summed E-state index contributed by atoms with van der Waals surface area (Å²) in [5.41, 5.74) is 1.02. The molecule has 0 bridgehead atoms. The van der Waals surface area contributed by atoms with Crippen LogP contribution in [0.25, 0.3) is 4.96 Å². The van der Waals surface area contributed by atoms with Gasteiger partial charge in [-0.25, -0.2) is 0 Å². The maximum absolute atomic E-state index is 12.6. The number of fused-ring (bicyclic) bond motifs is 1. The van der Waals surface area contributed by atoms with Crippen LogP contribution in [0.2, 0.25) is 0 Å². The zero-order valence-corrected chi connectivity index (χ0v) is 16.4. The molecule has 142 valence electrons. The van der Waals surface area contributed by atoms with Crippen molar-refractivity contribution < 1.29 is 9.53 Å². The molecule has 2 aromatic heterocycles. The number of amides is 1. The van der Waals surface area contributed by atoms with Crippen LogP contribution in [0.15, 0.2) is 24.3 Å². The summed E-state index contributed by atoms with van der Waals surface area (Å²) in [6, 6.07) is 7.79. The molecule has 0 saturated carbocycles. The van der Waals surface area contributed by atoms with Crippen LogP contribution in [0.1, 0.15) is 42.1 Å². The van der Waals surface area contributed by atoms with Crippen molar-refractivity contribution in [3.63, 3.8) is 0 Å². The van der Waals surface area contributed by atoms with Crippen LogP contribution in [0.5, 0.6) is 5.75 Å². The molecule has 8 heteroatoms. The maximum atomic E-state index is 12.6. The lowest BCUT2D eigenvalue weighted by molar-refractivity contribution is -0.131. The van der Waals surface area contributed by atoms with Crippen molar-refractivity contribution in [2.45, 2.75) is 39.0 Å². The zero-order valence-electron chi connectivity index (χ0n) is 15.6. The molecule has 0 N–H and O–H groups in total. The molecule has 1 aliphatic rings. The molecular weight excluding hydrogens is 362 g/mol. The molecule has 1 saturated heterocycles. The molecule has 3 aromatic rings. The van der Waals surface area contributed by atoms with Crippen LogP contribution in [-0.2, 0) is 11.2 Å². The highest BCUT2D eigenvalue weighted by Gasteiger charge is 2.26. The first-order valence-electron chi connectivity index (χ1n) is 9.32. The number of rotatable bonds is 5. The van der Waals surface area contributed by atoms with E-state index in [2.05, 4.69) is 15.3 Å². The summed E-state index contributed by atoms with van der Waals surface area (Å²) in [4.78, 5) is 15.4. The number of hydrogen-bond acceptors (Lipinski definition) is 6. The van der Waals surface area contributed by atoms with Gasteiger partial charge < -0.3 is 9.64 Å². The fourth-order valence-corrected chi connectivity index (χ4v) is 4.48. The summed E-state index contributed by atoms with van der Waals surface area (Å²) in [5.74, 6) is 2.24. The number of aryl methyl sites for hydroxylation is 1. The topological polar surface area (TPSA) is 72.6 Å². The largest absolute Gasteiger partial charge is 0.494 e. The lowest BCUT2D eigenvalue weighted by Crippen LogP contribution is -2.38. The van der Waals surface area contributed by atoms with E-state index in [0.29, 0.717) is 18.9 Å². The normalized spacial score (nSPS) is 15.4. The summed E-state index contributed by atoms with van der Waals surface area (Å²) >= 11 is 1.61. The Morgan fingerprint density at radius 1 is 1.22 bits per heavy atom.